The molecule has 0 aliphatic carbocycles. The maximum atomic E-state index is 12.1. The summed E-state index contributed by atoms with van der Waals surface area (Å²) in [5.41, 5.74) is 4.16. The number of nitrogens with one attached hydrogen (secondary N) is 1. The van der Waals surface area contributed by atoms with Crippen molar-refractivity contribution < 1.29 is 9.53 Å². The molecule has 1 heterocycles. The average molecular weight is 352 g/mol. The van der Waals surface area contributed by atoms with E-state index < -0.39 is 0 Å². The normalized spacial score (nSPS) is 10.9. The van der Waals surface area contributed by atoms with E-state index in [-0.39, 0.29) is 5.91 Å². The number of carbonyl (C=O) groups excluding carboxylic acids is 1. The minimum atomic E-state index is 0.0449. The van der Waals surface area contributed by atoms with E-state index in [1.165, 1.54) is 0 Å². The summed E-state index contributed by atoms with van der Waals surface area (Å²) in [6, 6.07) is 11.4. The minimum Gasteiger partial charge on any atom is -0.497 e. The van der Waals surface area contributed by atoms with Crippen LogP contribution in [0.3, 0.4) is 0 Å². The second-order valence-electron chi connectivity index (χ2n) is 6.35. The van der Waals surface area contributed by atoms with Gasteiger partial charge >= 0.3 is 0 Å². The Morgan fingerprint density at radius 2 is 1.81 bits per heavy atom. The van der Waals surface area contributed by atoms with Gasteiger partial charge in [-0.15, -0.1) is 10.2 Å². The number of nitrogens with zero attached hydrogens (tertiary/aromatic N) is 3. The van der Waals surface area contributed by atoms with Crippen LogP contribution in [0.1, 0.15) is 38.2 Å². The van der Waals surface area contributed by atoms with Crippen molar-refractivity contribution in [3.8, 4) is 11.4 Å². The summed E-state index contributed by atoms with van der Waals surface area (Å²) in [5.74, 6) is 0.831. The molecule has 0 spiro atoms. The van der Waals surface area contributed by atoms with E-state index in [9.17, 15) is 4.79 Å². The Morgan fingerprint density at radius 3 is 2.46 bits per heavy atom. The summed E-state index contributed by atoms with van der Waals surface area (Å²) in [7, 11) is 1.64. The number of amides is 1. The summed E-state index contributed by atoms with van der Waals surface area (Å²) in [6.07, 6.45) is 3.63. The number of aromatic nitrogens is 3. The third-order valence-corrected chi connectivity index (χ3v) is 4.31. The number of methoxy groups -OCH3 is 1. The number of anilines is 1. The smallest absolute Gasteiger partial charge is 0.224 e. The molecule has 0 saturated heterocycles. The highest BCUT2D eigenvalue weighted by molar-refractivity contribution is 5.94. The molecule has 0 atom stereocenters. The number of rotatable bonds is 7. The van der Waals surface area contributed by atoms with Crippen molar-refractivity contribution in [3.05, 3.63) is 42.0 Å². The fourth-order valence-corrected chi connectivity index (χ4v) is 2.78. The van der Waals surface area contributed by atoms with Crippen LogP contribution in [0, 0.1) is 6.92 Å². The van der Waals surface area contributed by atoms with Crippen LogP contribution in [0.4, 0.5) is 5.69 Å². The first-order valence-corrected chi connectivity index (χ1v) is 8.92. The molecule has 136 valence electrons. The molecule has 26 heavy (non-hydrogen) atoms. The van der Waals surface area contributed by atoms with Crippen LogP contribution in [0.15, 0.2) is 36.4 Å². The van der Waals surface area contributed by atoms with Crippen molar-refractivity contribution >= 4 is 22.6 Å². The van der Waals surface area contributed by atoms with Crippen LogP contribution in [-0.4, -0.2) is 28.0 Å². The van der Waals surface area contributed by atoms with Gasteiger partial charge in [0.1, 0.15) is 16.8 Å². The Morgan fingerprint density at radius 1 is 1.12 bits per heavy atom. The van der Waals surface area contributed by atoms with E-state index in [4.69, 9.17) is 4.74 Å². The molecular formula is C20H24N4O2. The molecule has 2 aromatic carbocycles. The van der Waals surface area contributed by atoms with Gasteiger partial charge < -0.3 is 10.1 Å². The first-order valence-electron chi connectivity index (χ1n) is 8.92. The van der Waals surface area contributed by atoms with Gasteiger partial charge in [0.25, 0.3) is 0 Å². The van der Waals surface area contributed by atoms with Crippen molar-refractivity contribution in [2.24, 2.45) is 0 Å². The van der Waals surface area contributed by atoms with Gasteiger partial charge in [0.05, 0.1) is 12.8 Å². The number of aryl methyl sites for hydroxylation is 1. The SMILES string of the molecule is CCCCCC(=O)Nc1cc2nn(-c3ccc(OC)cc3)nc2cc1C. The molecule has 1 amide bonds. The molecule has 0 aliphatic heterocycles. The lowest BCUT2D eigenvalue weighted by Gasteiger charge is -2.07. The van der Waals surface area contributed by atoms with Crippen LogP contribution in [0.25, 0.3) is 16.7 Å². The number of benzene rings is 2. The van der Waals surface area contributed by atoms with E-state index >= 15 is 0 Å². The molecular weight excluding hydrogens is 328 g/mol. The average Bonchev–Trinajstić information content (AvgIpc) is 3.05. The van der Waals surface area contributed by atoms with Gasteiger partial charge in [-0.2, -0.15) is 4.80 Å². The molecule has 3 rings (SSSR count). The van der Waals surface area contributed by atoms with Crippen LogP contribution in [-0.2, 0) is 4.79 Å². The third kappa shape index (κ3) is 4.02. The standard InChI is InChI=1S/C20H24N4O2/c1-4-5-6-7-20(25)21-17-13-19-18(12-14(17)2)22-24(23-19)15-8-10-16(26-3)11-9-15/h8-13H,4-7H2,1-3H3,(H,21,25). The third-order valence-electron chi connectivity index (χ3n) is 4.31. The highest BCUT2D eigenvalue weighted by Crippen LogP contribution is 2.23. The molecule has 6 nitrogen and oxygen atoms in total. The van der Waals surface area contributed by atoms with Gasteiger partial charge in [0.15, 0.2) is 0 Å². The highest BCUT2D eigenvalue weighted by Gasteiger charge is 2.10. The van der Waals surface area contributed by atoms with Crippen LogP contribution in [0.2, 0.25) is 0 Å². The second kappa shape index (κ2) is 7.99. The van der Waals surface area contributed by atoms with E-state index in [1.54, 1.807) is 11.9 Å². The molecule has 0 saturated carbocycles. The van der Waals surface area contributed by atoms with Crippen molar-refractivity contribution in [2.75, 3.05) is 12.4 Å². The molecule has 0 bridgehead atoms. The van der Waals surface area contributed by atoms with Crippen molar-refractivity contribution in [2.45, 2.75) is 39.5 Å². The molecule has 1 aromatic heterocycles. The quantitative estimate of drug-likeness (QED) is 0.645. The molecule has 6 heteroatoms. The molecule has 0 fully saturated rings. The second-order valence-corrected chi connectivity index (χ2v) is 6.35. The Labute approximate surface area is 153 Å². The van der Waals surface area contributed by atoms with Gasteiger partial charge in [0.2, 0.25) is 5.91 Å². The largest absolute Gasteiger partial charge is 0.497 e. The van der Waals surface area contributed by atoms with Gasteiger partial charge in [-0.25, -0.2) is 0 Å². The predicted octanol–water partition coefficient (Wildman–Crippen LogP) is 4.26. The molecule has 1 N–H and O–H groups in total. The minimum absolute atomic E-state index is 0.0449. The fraction of sp³-hybridized carbons (Fsp3) is 0.350. The summed E-state index contributed by atoms with van der Waals surface area (Å²) in [6.45, 7) is 4.09. The van der Waals surface area contributed by atoms with E-state index in [0.29, 0.717) is 6.42 Å². The number of unbranched alkanes of at least 4 members (excludes halogenated alkanes) is 2. The van der Waals surface area contributed by atoms with Crippen molar-refractivity contribution in [3.63, 3.8) is 0 Å². The Hall–Kier alpha value is -2.89. The lowest BCUT2D eigenvalue weighted by atomic mass is 10.1. The fourth-order valence-electron chi connectivity index (χ4n) is 2.78. The molecule has 3 aromatic rings. The van der Waals surface area contributed by atoms with E-state index in [1.807, 2.05) is 43.3 Å². The Kier molecular flexibility index (Phi) is 5.51. The summed E-state index contributed by atoms with van der Waals surface area (Å²) in [5, 5.41) is 12.1. The Bertz CT molecular complexity index is 900. The first kappa shape index (κ1) is 17.9. The number of hydrogen-bond acceptors (Lipinski definition) is 4. The zero-order valence-electron chi connectivity index (χ0n) is 15.5. The summed E-state index contributed by atoms with van der Waals surface area (Å²) < 4.78 is 5.18. The van der Waals surface area contributed by atoms with Gasteiger partial charge in [-0.05, 0) is 55.3 Å². The number of fused-ring (bicyclic) bond motifs is 1. The van der Waals surface area contributed by atoms with E-state index in [2.05, 4.69) is 22.4 Å². The number of ether oxygens (including phenoxy) is 1. The predicted molar refractivity (Wildman–Crippen MR) is 103 cm³/mol. The molecule has 0 unspecified atom stereocenters. The first-order chi connectivity index (χ1) is 12.6. The lowest BCUT2D eigenvalue weighted by molar-refractivity contribution is -0.116. The molecule has 0 aliphatic rings. The topological polar surface area (TPSA) is 69.0 Å². The van der Waals surface area contributed by atoms with Gasteiger partial charge in [-0.3, -0.25) is 4.79 Å². The van der Waals surface area contributed by atoms with Crippen molar-refractivity contribution in [1.29, 1.82) is 0 Å². The maximum absolute atomic E-state index is 12.1. The Balaban J connectivity index is 1.82. The number of carbonyl (C=O) groups is 1. The maximum Gasteiger partial charge on any atom is 0.224 e. The summed E-state index contributed by atoms with van der Waals surface area (Å²) in [4.78, 5) is 13.7. The lowest BCUT2D eigenvalue weighted by Crippen LogP contribution is -2.12. The zero-order chi connectivity index (χ0) is 18.5. The van der Waals surface area contributed by atoms with Gasteiger partial charge in [0, 0.05) is 12.1 Å². The molecule has 0 radical (unpaired) electrons. The van der Waals surface area contributed by atoms with Crippen LogP contribution < -0.4 is 10.1 Å². The highest BCUT2D eigenvalue weighted by atomic mass is 16.5. The van der Waals surface area contributed by atoms with E-state index in [0.717, 1.165) is 53.0 Å². The number of hydrogen-bond donors (Lipinski definition) is 1. The van der Waals surface area contributed by atoms with Crippen LogP contribution in [0.5, 0.6) is 5.75 Å². The van der Waals surface area contributed by atoms with Crippen molar-refractivity contribution in [1.82, 2.24) is 15.0 Å². The van der Waals surface area contributed by atoms with Gasteiger partial charge in [-0.1, -0.05) is 19.8 Å². The monoisotopic (exact) mass is 352 g/mol. The summed E-state index contributed by atoms with van der Waals surface area (Å²) >= 11 is 0. The van der Waals surface area contributed by atoms with Crippen LogP contribution >= 0.6 is 0 Å². The zero-order valence-corrected chi connectivity index (χ0v) is 15.5.